The molecule has 3 nitrogen and oxygen atoms in total. The number of ether oxygens (including phenoxy) is 1. The van der Waals surface area contributed by atoms with Crippen molar-refractivity contribution in [1.29, 1.82) is 0 Å². The highest BCUT2D eigenvalue weighted by atomic mass is 16.5. The van der Waals surface area contributed by atoms with Crippen LogP contribution in [0, 0.1) is 0 Å². The number of rotatable bonds is 3. The van der Waals surface area contributed by atoms with Gasteiger partial charge in [-0.3, -0.25) is 4.79 Å². The monoisotopic (exact) mass is 132 g/mol. The molecule has 0 aromatic heterocycles. The Morgan fingerprint density at radius 3 is 2.67 bits per heavy atom. The highest BCUT2D eigenvalue weighted by Crippen LogP contribution is 1.89. The van der Waals surface area contributed by atoms with E-state index in [1.807, 2.05) is 0 Å². The highest BCUT2D eigenvalue weighted by Gasteiger charge is 1.96. The fourth-order valence-electron chi connectivity index (χ4n) is 0.373. The average Bonchev–Trinajstić information content (AvgIpc) is 1.63. The summed E-state index contributed by atoms with van der Waals surface area (Å²) in [5.41, 5.74) is 0. The van der Waals surface area contributed by atoms with Gasteiger partial charge in [-0.15, -0.1) is 0 Å². The number of carbonyl (C=O) groups excluding carboxylic acids is 1. The molecule has 0 amide bonds. The Balaban J connectivity index is 3.01. The van der Waals surface area contributed by atoms with E-state index in [1.165, 1.54) is 6.92 Å². The van der Waals surface area contributed by atoms with E-state index in [0.717, 1.165) is 0 Å². The summed E-state index contributed by atoms with van der Waals surface area (Å²) in [6, 6.07) is 0. The van der Waals surface area contributed by atoms with Gasteiger partial charge in [0.25, 0.3) is 0 Å². The van der Waals surface area contributed by atoms with E-state index >= 15 is 0 Å². The molecule has 9 heavy (non-hydrogen) atoms. The zero-order chi connectivity index (χ0) is 7.28. The molecule has 0 aromatic carbocycles. The second kappa shape index (κ2) is 4.32. The lowest BCUT2D eigenvalue weighted by Crippen LogP contribution is -2.07. The fraction of sp³-hybridized carbons (Fsp3) is 0.833. The largest absolute Gasteiger partial charge is 0.466 e. The lowest BCUT2D eigenvalue weighted by atomic mass is 10.3. The van der Waals surface area contributed by atoms with Crippen molar-refractivity contribution in [3.63, 3.8) is 0 Å². The van der Waals surface area contributed by atoms with E-state index in [9.17, 15) is 4.79 Å². The van der Waals surface area contributed by atoms with Gasteiger partial charge >= 0.3 is 5.97 Å². The Labute approximate surface area is 54.6 Å². The minimum atomic E-state index is -0.385. The summed E-state index contributed by atoms with van der Waals surface area (Å²) in [5, 5.41) is 8.67. The normalized spacial score (nSPS) is 12.8. The zero-order valence-electron chi connectivity index (χ0n) is 5.76. The molecule has 1 unspecified atom stereocenters. The molecule has 0 rings (SSSR count). The van der Waals surface area contributed by atoms with Crippen molar-refractivity contribution in [3.8, 4) is 0 Å². The number of hydrogen-bond donors (Lipinski definition) is 1. The van der Waals surface area contributed by atoms with Gasteiger partial charge in [-0.05, 0) is 6.92 Å². The summed E-state index contributed by atoms with van der Waals surface area (Å²) in [7, 11) is 0. The maximum atomic E-state index is 10.1. The summed E-state index contributed by atoms with van der Waals surface area (Å²) < 4.78 is 4.55. The molecule has 0 saturated heterocycles. The van der Waals surface area contributed by atoms with E-state index in [1.54, 1.807) is 6.92 Å². The Bertz CT molecular complexity index is 88.3. The molecule has 0 aliphatic rings. The maximum Gasteiger partial charge on any atom is 0.302 e. The van der Waals surface area contributed by atoms with Crippen LogP contribution in [0.15, 0.2) is 0 Å². The molecule has 1 N–H and O–H groups in total. The molecule has 0 aromatic rings. The molecule has 0 spiro atoms. The molecule has 0 radical (unpaired) electrons. The molecule has 0 bridgehead atoms. The number of carbonyl (C=O) groups is 1. The van der Waals surface area contributed by atoms with Crippen molar-refractivity contribution in [2.24, 2.45) is 0 Å². The van der Waals surface area contributed by atoms with Gasteiger partial charge in [-0.25, -0.2) is 0 Å². The Hall–Kier alpha value is -0.570. The molecule has 54 valence electrons. The molecule has 0 heterocycles. The van der Waals surface area contributed by atoms with Crippen molar-refractivity contribution < 1.29 is 14.6 Å². The number of aliphatic hydroxyl groups is 1. The Morgan fingerprint density at radius 2 is 2.33 bits per heavy atom. The van der Waals surface area contributed by atoms with Crippen LogP contribution < -0.4 is 0 Å². The molecule has 0 aliphatic carbocycles. The topological polar surface area (TPSA) is 46.5 Å². The first-order chi connectivity index (χ1) is 4.13. The van der Waals surface area contributed by atoms with E-state index in [0.29, 0.717) is 13.0 Å². The minimum absolute atomic E-state index is 0.296. The second-order valence-electron chi connectivity index (χ2n) is 1.98. The standard InChI is InChI=1S/C6H12O3/c1-5(7)3-4-9-6(2)8/h5,7H,3-4H2,1-2H3. The molecule has 0 aliphatic heterocycles. The maximum absolute atomic E-state index is 10.1. The van der Waals surface area contributed by atoms with Crippen molar-refractivity contribution in [2.75, 3.05) is 6.61 Å². The first kappa shape index (κ1) is 8.43. The van der Waals surface area contributed by atoms with Gasteiger partial charge in [0.1, 0.15) is 0 Å². The number of hydrogen-bond acceptors (Lipinski definition) is 3. The quantitative estimate of drug-likeness (QED) is 0.562. The van der Waals surface area contributed by atoms with Gasteiger partial charge in [0, 0.05) is 13.3 Å². The molecule has 1 atom stereocenters. The van der Waals surface area contributed by atoms with Crippen molar-refractivity contribution in [3.05, 3.63) is 0 Å². The summed E-state index contributed by atoms with van der Waals surface area (Å²) in [6.45, 7) is 3.32. The number of aliphatic hydroxyl groups excluding tert-OH is 1. The van der Waals surface area contributed by atoms with Crippen LogP contribution in [0.1, 0.15) is 20.3 Å². The predicted molar refractivity (Wildman–Crippen MR) is 32.9 cm³/mol. The SMILES string of the molecule is CC(=O)OCCC(C)O. The van der Waals surface area contributed by atoms with Gasteiger partial charge in [-0.2, -0.15) is 0 Å². The summed E-state index contributed by atoms with van der Waals surface area (Å²) in [6.07, 6.45) is 0.129. The molecule has 0 saturated carbocycles. The van der Waals surface area contributed by atoms with E-state index in [-0.39, 0.29) is 12.1 Å². The van der Waals surface area contributed by atoms with Crippen molar-refractivity contribution >= 4 is 5.97 Å². The lowest BCUT2D eigenvalue weighted by Gasteiger charge is -2.02. The van der Waals surface area contributed by atoms with E-state index < -0.39 is 0 Å². The van der Waals surface area contributed by atoms with E-state index in [4.69, 9.17) is 5.11 Å². The molecule has 3 heteroatoms. The lowest BCUT2D eigenvalue weighted by molar-refractivity contribution is -0.141. The summed E-state index contributed by atoms with van der Waals surface area (Å²) in [4.78, 5) is 10.1. The first-order valence-electron chi connectivity index (χ1n) is 2.94. The third kappa shape index (κ3) is 7.43. The minimum Gasteiger partial charge on any atom is -0.466 e. The van der Waals surface area contributed by atoms with Crippen LogP contribution in [0.3, 0.4) is 0 Å². The summed E-state index contributed by atoms with van der Waals surface area (Å²) in [5.74, 6) is -0.296. The fourth-order valence-corrected chi connectivity index (χ4v) is 0.373. The average molecular weight is 132 g/mol. The third-order valence-corrected chi connectivity index (χ3v) is 0.841. The predicted octanol–water partition coefficient (Wildman–Crippen LogP) is 0.320. The van der Waals surface area contributed by atoms with Gasteiger partial charge < -0.3 is 9.84 Å². The van der Waals surface area contributed by atoms with Gasteiger partial charge in [-0.1, -0.05) is 0 Å². The Kier molecular flexibility index (Phi) is 4.05. The van der Waals surface area contributed by atoms with Crippen LogP contribution in [0.5, 0.6) is 0 Å². The Morgan fingerprint density at radius 1 is 1.78 bits per heavy atom. The smallest absolute Gasteiger partial charge is 0.302 e. The zero-order valence-corrected chi connectivity index (χ0v) is 5.76. The number of esters is 1. The summed E-state index contributed by atoms with van der Waals surface area (Å²) >= 11 is 0. The van der Waals surface area contributed by atoms with Crippen LogP contribution in [0.25, 0.3) is 0 Å². The van der Waals surface area contributed by atoms with Gasteiger partial charge in [0.2, 0.25) is 0 Å². The second-order valence-corrected chi connectivity index (χ2v) is 1.98. The van der Waals surface area contributed by atoms with Gasteiger partial charge in [0.05, 0.1) is 12.7 Å². The van der Waals surface area contributed by atoms with Gasteiger partial charge in [0.15, 0.2) is 0 Å². The van der Waals surface area contributed by atoms with Crippen LogP contribution in [0.2, 0.25) is 0 Å². The molecular formula is C6H12O3. The van der Waals surface area contributed by atoms with Crippen molar-refractivity contribution in [1.82, 2.24) is 0 Å². The highest BCUT2D eigenvalue weighted by molar-refractivity contribution is 5.65. The van der Waals surface area contributed by atoms with Crippen LogP contribution in [-0.4, -0.2) is 23.8 Å². The van der Waals surface area contributed by atoms with E-state index in [2.05, 4.69) is 4.74 Å². The molecule has 0 fully saturated rings. The van der Waals surface area contributed by atoms with Crippen LogP contribution >= 0.6 is 0 Å². The third-order valence-electron chi connectivity index (χ3n) is 0.841. The molecular weight excluding hydrogens is 120 g/mol. The van der Waals surface area contributed by atoms with Crippen LogP contribution in [-0.2, 0) is 9.53 Å². The van der Waals surface area contributed by atoms with Crippen molar-refractivity contribution in [2.45, 2.75) is 26.4 Å². The first-order valence-corrected chi connectivity index (χ1v) is 2.94. The van der Waals surface area contributed by atoms with Crippen LogP contribution in [0.4, 0.5) is 0 Å².